The quantitative estimate of drug-likeness (QED) is 0.525. The van der Waals surface area contributed by atoms with Crippen LogP contribution < -0.4 is 4.74 Å². The Morgan fingerprint density at radius 3 is 2.37 bits per heavy atom. The highest BCUT2D eigenvalue weighted by Gasteiger charge is 2.51. The molecule has 4 bridgehead atoms. The van der Waals surface area contributed by atoms with Crippen LogP contribution >= 0.6 is 11.8 Å². The predicted octanol–water partition coefficient (Wildman–Crippen LogP) is 6.00. The van der Waals surface area contributed by atoms with Crippen molar-refractivity contribution < 1.29 is 14.3 Å². The third-order valence-corrected chi connectivity index (χ3v) is 8.48. The zero-order valence-electron chi connectivity index (χ0n) is 18.0. The topological polar surface area (TPSA) is 46.6 Å². The maximum atomic E-state index is 12.8. The molecule has 5 heteroatoms. The maximum Gasteiger partial charge on any atom is 0.293 e. The van der Waals surface area contributed by atoms with Crippen molar-refractivity contribution in [1.29, 1.82) is 0 Å². The molecule has 1 aromatic carbocycles. The normalized spacial score (nSPS) is 33.7. The largest absolute Gasteiger partial charge is 0.493 e. The Morgan fingerprint density at radius 1 is 1.10 bits per heavy atom. The molecule has 5 aliphatic rings. The van der Waals surface area contributed by atoms with Gasteiger partial charge in [0.2, 0.25) is 0 Å². The summed E-state index contributed by atoms with van der Waals surface area (Å²) in [6, 6.07) is 6.60. The Bertz CT molecular complexity index is 870. The van der Waals surface area contributed by atoms with Crippen LogP contribution in [0.4, 0.5) is 4.79 Å². The molecule has 0 unspecified atom stereocenters. The maximum absolute atomic E-state index is 12.8. The molecule has 30 heavy (non-hydrogen) atoms. The second kappa shape index (κ2) is 7.74. The molecule has 4 nitrogen and oxygen atoms in total. The Hall–Kier alpha value is -1.75. The third kappa shape index (κ3) is 3.39. The van der Waals surface area contributed by atoms with Crippen molar-refractivity contribution in [3.8, 4) is 5.75 Å². The zero-order chi connectivity index (χ0) is 20.9. The highest BCUT2D eigenvalue weighted by molar-refractivity contribution is 8.18. The van der Waals surface area contributed by atoms with Crippen molar-refractivity contribution in [3.05, 3.63) is 34.2 Å². The van der Waals surface area contributed by atoms with Gasteiger partial charge in [0.15, 0.2) is 0 Å². The first kappa shape index (κ1) is 20.2. The predicted molar refractivity (Wildman–Crippen MR) is 120 cm³/mol. The van der Waals surface area contributed by atoms with E-state index in [1.54, 1.807) is 0 Å². The van der Waals surface area contributed by atoms with Gasteiger partial charge in [-0.3, -0.25) is 14.5 Å². The molecular formula is C25H31NO3S. The Morgan fingerprint density at radius 2 is 1.77 bits per heavy atom. The summed E-state index contributed by atoms with van der Waals surface area (Å²) in [7, 11) is 0. The first-order valence-corrected chi connectivity index (χ1v) is 12.4. The van der Waals surface area contributed by atoms with E-state index in [0.29, 0.717) is 23.5 Å². The second-order valence-electron chi connectivity index (χ2n) is 9.72. The number of imide groups is 1. The summed E-state index contributed by atoms with van der Waals surface area (Å²) in [4.78, 5) is 26.9. The summed E-state index contributed by atoms with van der Waals surface area (Å²) in [5.74, 6) is 3.29. The molecule has 5 fully saturated rings. The number of carbonyl (C=O) groups is 2. The van der Waals surface area contributed by atoms with E-state index in [2.05, 4.69) is 18.2 Å². The fourth-order valence-corrected chi connectivity index (χ4v) is 7.66. The van der Waals surface area contributed by atoms with Crippen molar-refractivity contribution in [1.82, 2.24) is 4.90 Å². The standard InChI is InChI=1S/C25H31NO3S/c1-3-7-26-23(27)22(30-24(26)28)12-19-11-20(5-6-21(19)29-4-2)25-13-16-8-17(14-25)10-18(9-16)15-25/h5-6,11-12,16-18H,3-4,7-10,13-15H2,1-2H3/b22-12+. The van der Waals surface area contributed by atoms with Gasteiger partial charge in [0, 0.05) is 12.1 Å². The summed E-state index contributed by atoms with van der Waals surface area (Å²) < 4.78 is 5.89. The lowest BCUT2D eigenvalue weighted by Crippen LogP contribution is -2.48. The number of hydrogen-bond donors (Lipinski definition) is 0. The average Bonchev–Trinajstić information content (AvgIpc) is 2.96. The van der Waals surface area contributed by atoms with E-state index in [4.69, 9.17) is 4.74 Å². The zero-order valence-corrected chi connectivity index (χ0v) is 18.8. The van der Waals surface area contributed by atoms with Gasteiger partial charge in [-0.2, -0.15) is 0 Å². The van der Waals surface area contributed by atoms with Crippen LogP contribution in [0.5, 0.6) is 5.75 Å². The van der Waals surface area contributed by atoms with E-state index in [9.17, 15) is 9.59 Å². The Balaban J connectivity index is 1.51. The van der Waals surface area contributed by atoms with Crippen LogP contribution in [0.2, 0.25) is 0 Å². The molecule has 0 atom stereocenters. The molecule has 160 valence electrons. The number of thioether (sulfide) groups is 1. The lowest BCUT2D eigenvalue weighted by molar-refractivity contribution is -0.122. The minimum Gasteiger partial charge on any atom is -0.493 e. The van der Waals surface area contributed by atoms with Crippen molar-refractivity contribution in [2.24, 2.45) is 17.8 Å². The van der Waals surface area contributed by atoms with Gasteiger partial charge in [-0.15, -0.1) is 0 Å². The molecule has 4 saturated carbocycles. The van der Waals surface area contributed by atoms with E-state index in [-0.39, 0.29) is 11.1 Å². The van der Waals surface area contributed by atoms with Gasteiger partial charge < -0.3 is 4.74 Å². The van der Waals surface area contributed by atoms with Crippen LogP contribution in [0.25, 0.3) is 6.08 Å². The lowest BCUT2D eigenvalue weighted by atomic mass is 9.48. The summed E-state index contributed by atoms with van der Waals surface area (Å²) in [6.07, 6.45) is 10.8. The average molecular weight is 426 g/mol. The van der Waals surface area contributed by atoms with Crippen LogP contribution in [0.1, 0.15) is 69.9 Å². The monoisotopic (exact) mass is 425 g/mol. The highest BCUT2D eigenvalue weighted by atomic mass is 32.2. The Labute approximate surface area is 183 Å². The summed E-state index contributed by atoms with van der Waals surface area (Å²) in [5.41, 5.74) is 2.64. The van der Waals surface area contributed by atoms with Gasteiger partial charge in [0.1, 0.15) is 5.75 Å². The first-order chi connectivity index (χ1) is 14.5. The first-order valence-electron chi connectivity index (χ1n) is 11.5. The molecule has 4 aliphatic carbocycles. The van der Waals surface area contributed by atoms with Crippen molar-refractivity contribution in [3.63, 3.8) is 0 Å². The molecule has 6 rings (SSSR count). The van der Waals surface area contributed by atoms with Gasteiger partial charge >= 0.3 is 0 Å². The number of benzene rings is 1. The summed E-state index contributed by atoms with van der Waals surface area (Å²) in [5, 5.41) is -0.164. The van der Waals surface area contributed by atoms with Crippen LogP contribution in [-0.2, 0) is 10.2 Å². The minimum atomic E-state index is -0.172. The van der Waals surface area contributed by atoms with E-state index < -0.39 is 0 Å². The van der Waals surface area contributed by atoms with Gasteiger partial charge in [-0.1, -0.05) is 13.0 Å². The minimum absolute atomic E-state index is 0.164. The molecule has 0 radical (unpaired) electrons. The molecular weight excluding hydrogens is 394 g/mol. The van der Waals surface area contributed by atoms with E-state index >= 15 is 0 Å². The number of rotatable bonds is 6. The van der Waals surface area contributed by atoms with Gasteiger partial charge in [0.05, 0.1) is 11.5 Å². The number of ether oxygens (including phenoxy) is 1. The number of hydrogen-bond acceptors (Lipinski definition) is 4. The van der Waals surface area contributed by atoms with Crippen molar-refractivity contribution in [2.45, 2.75) is 64.2 Å². The van der Waals surface area contributed by atoms with Crippen LogP contribution in [0.3, 0.4) is 0 Å². The van der Waals surface area contributed by atoms with Gasteiger partial charge in [0.25, 0.3) is 11.1 Å². The molecule has 1 saturated heterocycles. The van der Waals surface area contributed by atoms with Crippen LogP contribution in [0.15, 0.2) is 23.1 Å². The SMILES string of the molecule is CCCN1C(=O)S/C(=C/c2cc(C34CC5CC(CC(C5)C3)C4)ccc2OCC)C1=O. The second-order valence-corrected chi connectivity index (χ2v) is 10.7. The Kier molecular flexibility index (Phi) is 5.20. The number of amides is 2. The molecule has 0 spiro atoms. The summed E-state index contributed by atoms with van der Waals surface area (Å²) in [6.45, 7) is 5.02. The van der Waals surface area contributed by atoms with Gasteiger partial charge in [-0.05, 0) is 111 Å². The molecule has 0 N–H and O–H groups in total. The number of nitrogens with zero attached hydrogens (tertiary/aromatic N) is 1. The van der Waals surface area contributed by atoms with Crippen LogP contribution in [0, 0.1) is 17.8 Å². The smallest absolute Gasteiger partial charge is 0.293 e. The van der Waals surface area contributed by atoms with Crippen molar-refractivity contribution in [2.75, 3.05) is 13.2 Å². The fraction of sp³-hybridized carbons (Fsp3) is 0.600. The van der Waals surface area contributed by atoms with E-state index in [1.165, 1.54) is 49.0 Å². The molecule has 1 aromatic rings. The van der Waals surface area contributed by atoms with Gasteiger partial charge in [-0.25, -0.2) is 0 Å². The van der Waals surface area contributed by atoms with E-state index in [1.807, 2.05) is 19.9 Å². The van der Waals surface area contributed by atoms with Crippen LogP contribution in [-0.4, -0.2) is 29.2 Å². The lowest BCUT2D eigenvalue weighted by Gasteiger charge is -2.57. The molecule has 0 aromatic heterocycles. The molecule has 2 amide bonds. The van der Waals surface area contributed by atoms with Crippen molar-refractivity contribution >= 4 is 29.0 Å². The highest BCUT2D eigenvalue weighted by Crippen LogP contribution is 2.61. The summed E-state index contributed by atoms with van der Waals surface area (Å²) >= 11 is 1.05. The van der Waals surface area contributed by atoms with E-state index in [0.717, 1.165) is 47.2 Å². The molecule has 1 heterocycles. The number of carbonyl (C=O) groups excluding carboxylic acids is 2. The third-order valence-electron chi connectivity index (χ3n) is 7.57. The molecule has 1 aliphatic heterocycles. The fourth-order valence-electron chi connectivity index (χ4n) is 6.80.